The SMILES string of the molecule is CCCCCCCCc1cnc(C(=O)Oc2ccc(CC(C)CC)cc2)nc1. The number of hydrogen-bond donors (Lipinski definition) is 0. The first-order valence-electron chi connectivity index (χ1n) is 10.7. The molecule has 4 heteroatoms. The van der Waals surface area contributed by atoms with Crippen molar-refractivity contribution in [3.8, 4) is 5.75 Å². The summed E-state index contributed by atoms with van der Waals surface area (Å²) in [6.07, 6.45) is 14.2. The van der Waals surface area contributed by atoms with Crippen LogP contribution in [0.25, 0.3) is 0 Å². The molecule has 0 N–H and O–H groups in total. The van der Waals surface area contributed by atoms with Crippen LogP contribution < -0.4 is 4.74 Å². The Bertz CT molecular complexity index is 696. The average Bonchev–Trinajstić information content (AvgIpc) is 2.72. The van der Waals surface area contributed by atoms with E-state index in [-0.39, 0.29) is 5.82 Å². The van der Waals surface area contributed by atoms with Crippen molar-refractivity contribution in [1.82, 2.24) is 9.97 Å². The van der Waals surface area contributed by atoms with E-state index in [9.17, 15) is 4.79 Å². The van der Waals surface area contributed by atoms with Crippen LogP contribution in [0.15, 0.2) is 36.7 Å². The molecule has 1 heterocycles. The Labute approximate surface area is 169 Å². The minimum Gasteiger partial charge on any atom is -0.421 e. The zero-order valence-electron chi connectivity index (χ0n) is 17.6. The summed E-state index contributed by atoms with van der Waals surface area (Å²) >= 11 is 0. The molecule has 1 aromatic heterocycles. The maximum atomic E-state index is 12.2. The first-order valence-corrected chi connectivity index (χ1v) is 10.7. The van der Waals surface area contributed by atoms with E-state index in [1.807, 2.05) is 24.3 Å². The van der Waals surface area contributed by atoms with E-state index in [1.54, 1.807) is 12.4 Å². The Morgan fingerprint density at radius 1 is 0.929 bits per heavy atom. The fourth-order valence-corrected chi connectivity index (χ4v) is 3.09. The summed E-state index contributed by atoms with van der Waals surface area (Å²) < 4.78 is 5.40. The highest BCUT2D eigenvalue weighted by Gasteiger charge is 2.12. The first-order chi connectivity index (χ1) is 13.6. The van der Waals surface area contributed by atoms with Gasteiger partial charge in [0, 0.05) is 12.4 Å². The molecule has 0 spiro atoms. The van der Waals surface area contributed by atoms with Crippen LogP contribution in [-0.2, 0) is 12.8 Å². The van der Waals surface area contributed by atoms with Gasteiger partial charge >= 0.3 is 5.97 Å². The van der Waals surface area contributed by atoms with Crippen LogP contribution in [0.1, 0.15) is 87.5 Å². The second kappa shape index (κ2) is 12.3. The lowest BCUT2D eigenvalue weighted by atomic mass is 9.99. The van der Waals surface area contributed by atoms with Crippen LogP contribution in [-0.4, -0.2) is 15.9 Å². The van der Waals surface area contributed by atoms with Crippen LogP contribution in [0.4, 0.5) is 0 Å². The van der Waals surface area contributed by atoms with Crippen molar-refractivity contribution in [2.45, 2.75) is 78.6 Å². The van der Waals surface area contributed by atoms with E-state index in [4.69, 9.17) is 4.74 Å². The average molecular weight is 383 g/mol. The van der Waals surface area contributed by atoms with Crippen LogP contribution in [0, 0.1) is 5.92 Å². The minimum absolute atomic E-state index is 0.107. The lowest BCUT2D eigenvalue weighted by Gasteiger charge is -2.09. The summed E-state index contributed by atoms with van der Waals surface area (Å²) in [6.45, 7) is 6.66. The third-order valence-electron chi connectivity index (χ3n) is 5.12. The Morgan fingerprint density at radius 2 is 1.57 bits per heavy atom. The van der Waals surface area contributed by atoms with Gasteiger partial charge in [0.15, 0.2) is 0 Å². The topological polar surface area (TPSA) is 52.1 Å². The smallest absolute Gasteiger partial charge is 0.381 e. The van der Waals surface area contributed by atoms with Gasteiger partial charge in [0.2, 0.25) is 5.82 Å². The van der Waals surface area contributed by atoms with Crippen molar-refractivity contribution in [1.29, 1.82) is 0 Å². The molecule has 0 saturated carbocycles. The van der Waals surface area contributed by atoms with Gasteiger partial charge in [0.1, 0.15) is 5.75 Å². The molecule has 0 radical (unpaired) electrons. The molecule has 1 atom stereocenters. The van der Waals surface area contributed by atoms with Crippen molar-refractivity contribution in [3.05, 3.63) is 53.6 Å². The predicted octanol–water partition coefficient (Wildman–Crippen LogP) is 6.19. The molecule has 152 valence electrons. The zero-order chi connectivity index (χ0) is 20.2. The molecule has 4 nitrogen and oxygen atoms in total. The van der Waals surface area contributed by atoms with Crippen LogP contribution in [0.2, 0.25) is 0 Å². The second-order valence-electron chi connectivity index (χ2n) is 7.68. The molecule has 0 fully saturated rings. The summed E-state index contributed by atoms with van der Waals surface area (Å²) in [5.41, 5.74) is 2.32. The predicted molar refractivity (Wildman–Crippen MR) is 114 cm³/mol. The molecule has 0 saturated heterocycles. The monoisotopic (exact) mass is 382 g/mol. The Balaban J connectivity index is 1.79. The van der Waals surface area contributed by atoms with Crippen LogP contribution >= 0.6 is 0 Å². The van der Waals surface area contributed by atoms with Crippen molar-refractivity contribution in [2.24, 2.45) is 5.92 Å². The van der Waals surface area contributed by atoms with E-state index in [0.717, 1.165) is 31.2 Å². The summed E-state index contributed by atoms with van der Waals surface area (Å²) in [4.78, 5) is 20.6. The molecule has 1 aromatic carbocycles. The minimum atomic E-state index is -0.513. The number of hydrogen-bond acceptors (Lipinski definition) is 4. The number of aromatic nitrogens is 2. The molecule has 0 aliphatic carbocycles. The molecule has 0 aliphatic heterocycles. The standard InChI is InChI=1S/C24H34N2O2/c1-4-6-7-8-9-10-11-21-17-25-23(26-18-21)24(27)28-22-14-12-20(13-15-22)16-19(3)5-2/h12-15,17-19H,4-11,16H2,1-3H3. The molecule has 2 rings (SSSR count). The van der Waals surface area contributed by atoms with Gasteiger partial charge < -0.3 is 4.74 Å². The number of aryl methyl sites for hydroxylation is 1. The molecule has 0 bridgehead atoms. The molecular weight excluding hydrogens is 348 g/mol. The van der Waals surface area contributed by atoms with Gasteiger partial charge in [-0.1, -0.05) is 71.4 Å². The maximum absolute atomic E-state index is 12.2. The van der Waals surface area contributed by atoms with Gasteiger partial charge in [-0.2, -0.15) is 0 Å². The quantitative estimate of drug-likeness (QED) is 0.249. The fraction of sp³-hybridized carbons (Fsp3) is 0.542. The van der Waals surface area contributed by atoms with E-state index >= 15 is 0 Å². The van der Waals surface area contributed by atoms with E-state index in [1.165, 1.54) is 37.7 Å². The van der Waals surface area contributed by atoms with E-state index in [0.29, 0.717) is 11.7 Å². The Morgan fingerprint density at radius 3 is 2.21 bits per heavy atom. The number of rotatable bonds is 12. The largest absolute Gasteiger partial charge is 0.421 e. The lowest BCUT2D eigenvalue weighted by molar-refractivity contribution is 0.0721. The van der Waals surface area contributed by atoms with Gasteiger partial charge in [-0.15, -0.1) is 0 Å². The summed E-state index contributed by atoms with van der Waals surface area (Å²) in [5.74, 6) is 0.769. The second-order valence-corrected chi connectivity index (χ2v) is 7.68. The molecule has 0 amide bonds. The summed E-state index contributed by atoms with van der Waals surface area (Å²) in [7, 11) is 0. The molecular formula is C24H34N2O2. The van der Waals surface area contributed by atoms with Crippen LogP contribution in [0.3, 0.4) is 0 Å². The number of benzene rings is 1. The molecule has 0 aliphatic rings. The number of carbonyl (C=O) groups excluding carboxylic acids is 1. The zero-order valence-corrected chi connectivity index (χ0v) is 17.6. The first kappa shape index (κ1) is 22.1. The Kier molecular flexibility index (Phi) is 9.67. The van der Waals surface area contributed by atoms with E-state index < -0.39 is 5.97 Å². The number of esters is 1. The molecule has 1 unspecified atom stereocenters. The van der Waals surface area contributed by atoms with Crippen molar-refractivity contribution in [3.63, 3.8) is 0 Å². The highest BCUT2D eigenvalue weighted by Crippen LogP contribution is 2.17. The van der Waals surface area contributed by atoms with Gasteiger partial charge in [-0.3, -0.25) is 0 Å². The normalized spacial score (nSPS) is 12.0. The third kappa shape index (κ3) is 7.79. The maximum Gasteiger partial charge on any atom is 0.381 e. The van der Waals surface area contributed by atoms with E-state index in [2.05, 4.69) is 30.7 Å². The number of unbranched alkanes of at least 4 members (excludes halogenated alkanes) is 5. The number of nitrogens with zero attached hydrogens (tertiary/aromatic N) is 2. The number of ether oxygens (including phenoxy) is 1. The van der Waals surface area contributed by atoms with Crippen LogP contribution in [0.5, 0.6) is 5.75 Å². The highest BCUT2D eigenvalue weighted by molar-refractivity contribution is 5.86. The summed E-state index contributed by atoms with van der Waals surface area (Å²) in [5, 5.41) is 0. The summed E-state index contributed by atoms with van der Waals surface area (Å²) in [6, 6.07) is 7.70. The van der Waals surface area contributed by atoms with Crippen molar-refractivity contribution in [2.75, 3.05) is 0 Å². The number of carbonyl (C=O) groups is 1. The molecule has 2 aromatic rings. The molecule has 28 heavy (non-hydrogen) atoms. The van der Waals surface area contributed by atoms with Crippen molar-refractivity contribution < 1.29 is 9.53 Å². The fourth-order valence-electron chi connectivity index (χ4n) is 3.09. The highest BCUT2D eigenvalue weighted by atomic mass is 16.5. The third-order valence-corrected chi connectivity index (χ3v) is 5.12. The van der Waals surface area contributed by atoms with Gasteiger partial charge in [0.05, 0.1) is 0 Å². The van der Waals surface area contributed by atoms with Gasteiger partial charge in [0.25, 0.3) is 0 Å². The van der Waals surface area contributed by atoms with Gasteiger partial charge in [-0.05, 0) is 48.4 Å². The Hall–Kier alpha value is -2.23. The van der Waals surface area contributed by atoms with Gasteiger partial charge in [-0.25, -0.2) is 14.8 Å². The van der Waals surface area contributed by atoms with Crippen molar-refractivity contribution >= 4 is 5.97 Å². The lowest BCUT2D eigenvalue weighted by Crippen LogP contribution is -2.13.